The monoisotopic (exact) mass is 491 g/mol. The fourth-order valence-corrected chi connectivity index (χ4v) is 4.27. The molecule has 0 bridgehead atoms. The van der Waals surface area contributed by atoms with Crippen LogP contribution >= 0.6 is 0 Å². The van der Waals surface area contributed by atoms with Gasteiger partial charge in [-0.1, -0.05) is 20.8 Å². The standard InChI is InChI=1S/C27H37N7O2/c1-7-18(5)32-25-23(24(29-6)17(3)4)21(13-22(33-25)26(35)36-8-2)20-15-30-27(31-16-20)34-11-9-19(14-28)10-12-34/h13,15-19H,7-12H2,1-6H3,(H,32,33). The van der Waals surface area contributed by atoms with E-state index in [0.29, 0.717) is 11.8 Å². The van der Waals surface area contributed by atoms with Crippen molar-refractivity contribution in [2.45, 2.75) is 59.9 Å². The van der Waals surface area contributed by atoms with Crippen LogP contribution in [0.3, 0.4) is 0 Å². The minimum atomic E-state index is -0.477. The first-order valence-corrected chi connectivity index (χ1v) is 12.7. The maximum absolute atomic E-state index is 12.7. The van der Waals surface area contributed by atoms with Gasteiger partial charge in [-0.3, -0.25) is 4.99 Å². The quantitative estimate of drug-likeness (QED) is 0.395. The summed E-state index contributed by atoms with van der Waals surface area (Å²) in [6.45, 7) is 11.9. The Balaban J connectivity index is 2.12. The molecular weight excluding hydrogens is 454 g/mol. The van der Waals surface area contributed by atoms with Crippen LogP contribution in [0.5, 0.6) is 0 Å². The van der Waals surface area contributed by atoms with Crippen LogP contribution in [-0.2, 0) is 4.74 Å². The number of carbonyl (C=O) groups is 1. The predicted octanol–water partition coefficient (Wildman–Crippen LogP) is 4.74. The Labute approximate surface area is 214 Å². The van der Waals surface area contributed by atoms with Crippen LogP contribution in [-0.4, -0.2) is 59.4 Å². The molecular formula is C27H37N7O2. The van der Waals surface area contributed by atoms with Crippen molar-refractivity contribution < 1.29 is 9.53 Å². The number of ether oxygens (including phenoxy) is 1. The minimum Gasteiger partial charge on any atom is -0.461 e. The molecule has 3 rings (SSSR count). The minimum absolute atomic E-state index is 0.0976. The molecule has 2 aromatic heterocycles. The molecule has 1 fully saturated rings. The highest BCUT2D eigenvalue weighted by atomic mass is 16.5. The number of hydrogen-bond acceptors (Lipinski definition) is 9. The Kier molecular flexibility index (Phi) is 9.34. The van der Waals surface area contributed by atoms with Gasteiger partial charge in [0.1, 0.15) is 5.82 Å². The maximum atomic E-state index is 12.7. The van der Waals surface area contributed by atoms with Gasteiger partial charge in [0.25, 0.3) is 0 Å². The maximum Gasteiger partial charge on any atom is 0.357 e. The number of nitrogens with zero attached hydrogens (tertiary/aromatic N) is 6. The second-order valence-corrected chi connectivity index (χ2v) is 9.38. The van der Waals surface area contributed by atoms with E-state index in [0.717, 1.165) is 54.8 Å². The summed E-state index contributed by atoms with van der Waals surface area (Å²) in [6.07, 6.45) is 6.09. The molecule has 0 aromatic carbocycles. The fourth-order valence-electron chi connectivity index (χ4n) is 4.27. The van der Waals surface area contributed by atoms with Gasteiger partial charge in [0.15, 0.2) is 5.69 Å². The number of piperidine rings is 1. The van der Waals surface area contributed by atoms with Crippen molar-refractivity contribution in [3.05, 3.63) is 29.7 Å². The molecule has 1 unspecified atom stereocenters. The molecule has 0 amide bonds. The average molecular weight is 492 g/mol. The molecule has 1 saturated heterocycles. The van der Waals surface area contributed by atoms with Crippen LogP contribution in [0.2, 0.25) is 0 Å². The highest BCUT2D eigenvalue weighted by Gasteiger charge is 2.25. The van der Waals surface area contributed by atoms with Crippen LogP contribution in [0.4, 0.5) is 11.8 Å². The summed E-state index contributed by atoms with van der Waals surface area (Å²) < 4.78 is 5.28. The first kappa shape index (κ1) is 27.1. The second-order valence-electron chi connectivity index (χ2n) is 9.38. The molecule has 1 N–H and O–H groups in total. The molecule has 9 nitrogen and oxygen atoms in total. The molecule has 192 valence electrons. The van der Waals surface area contributed by atoms with E-state index in [1.54, 1.807) is 32.4 Å². The van der Waals surface area contributed by atoms with E-state index in [4.69, 9.17) is 4.74 Å². The number of aromatic nitrogens is 3. The molecule has 0 aliphatic carbocycles. The average Bonchev–Trinajstić information content (AvgIpc) is 2.89. The summed E-state index contributed by atoms with van der Waals surface area (Å²) in [6, 6.07) is 4.25. The Morgan fingerprint density at radius 2 is 1.92 bits per heavy atom. The normalized spacial score (nSPS) is 15.5. The Morgan fingerprint density at radius 1 is 1.25 bits per heavy atom. The molecule has 1 atom stereocenters. The van der Waals surface area contributed by atoms with Gasteiger partial charge in [-0.2, -0.15) is 5.26 Å². The zero-order valence-corrected chi connectivity index (χ0v) is 22.2. The smallest absolute Gasteiger partial charge is 0.357 e. The van der Waals surface area contributed by atoms with Crippen molar-refractivity contribution in [3.8, 4) is 17.2 Å². The van der Waals surface area contributed by atoms with Gasteiger partial charge in [-0.25, -0.2) is 19.7 Å². The van der Waals surface area contributed by atoms with Crippen LogP contribution in [0, 0.1) is 23.2 Å². The van der Waals surface area contributed by atoms with E-state index < -0.39 is 5.97 Å². The highest BCUT2D eigenvalue weighted by Crippen LogP contribution is 2.33. The summed E-state index contributed by atoms with van der Waals surface area (Å²) in [7, 11) is 1.77. The largest absolute Gasteiger partial charge is 0.461 e. The summed E-state index contributed by atoms with van der Waals surface area (Å²) in [4.78, 5) is 33.4. The predicted molar refractivity (Wildman–Crippen MR) is 142 cm³/mol. The van der Waals surface area contributed by atoms with Gasteiger partial charge in [-0.05, 0) is 50.7 Å². The van der Waals surface area contributed by atoms with Gasteiger partial charge >= 0.3 is 5.97 Å². The lowest BCUT2D eigenvalue weighted by Gasteiger charge is -2.29. The van der Waals surface area contributed by atoms with Crippen LogP contribution in [0.25, 0.3) is 11.1 Å². The molecule has 0 spiro atoms. The highest BCUT2D eigenvalue weighted by molar-refractivity contribution is 6.11. The zero-order valence-electron chi connectivity index (χ0n) is 22.2. The van der Waals surface area contributed by atoms with Gasteiger partial charge in [0.05, 0.1) is 12.7 Å². The fraction of sp³-hybridized carbons (Fsp3) is 0.556. The van der Waals surface area contributed by atoms with Gasteiger partial charge in [0.2, 0.25) is 5.95 Å². The molecule has 9 heteroatoms. The van der Waals surface area contributed by atoms with E-state index in [-0.39, 0.29) is 30.2 Å². The number of pyridine rings is 1. The van der Waals surface area contributed by atoms with Crippen molar-refractivity contribution in [3.63, 3.8) is 0 Å². The van der Waals surface area contributed by atoms with Crippen LogP contribution in [0.15, 0.2) is 23.5 Å². The van der Waals surface area contributed by atoms with E-state index in [9.17, 15) is 10.1 Å². The number of nitrogens with one attached hydrogen (secondary N) is 1. The van der Waals surface area contributed by atoms with Crippen molar-refractivity contribution in [1.82, 2.24) is 15.0 Å². The number of nitriles is 1. The first-order valence-electron chi connectivity index (χ1n) is 12.7. The van der Waals surface area contributed by atoms with E-state index in [1.807, 2.05) is 0 Å². The number of aliphatic imine (C=N–C) groups is 1. The van der Waals surface area contributed by atoms with Crippen molar-refractivity contribution in [2.24, 2.45) is 16.8 Å². The zero-order chi connectivity index (χ0) is 26.2. The molecule has 0 radical (unpaired) electrons. The van der Waals surface area contributed by atoms with Crippen LogP contribution < -0.4 is 10.2 Å². The van der Waals surface area contributed by atoms with Crippen molar-refractivity contribution in [1.29, 1.82) is 5.26 Å². The molecule has 1 aliphatic rings. The lowest BCUT2D eigenvalue weighted by atomic mass is 9.92. The number of rotatable bonds is 9. The van der Waals surface area contributed by atoms with Crippen molar-refractivity contribution in [2.75, 3.05) is 37.0 Å². The van der Waals surface area contributed by atoms with E-state index in [2.05, 4.69) is 63.9 Å². The lowest BCUT2D eigenvalue weighted by Crippen LogP contribution is -2.34. The summed E-state index contributed by atoms with van der Waals surface area (Å²) in [5.41, 5.74) is 3.49. The summed E-state index contributed by atoms with van der Waals surface area (Å²) in [5.74, 6) is 0.989. The van der Waals surface area contributed by atoms with E-state index >= 15 is 0 Å². The van der Waals surface area contributed by atoms with Crippen molar-refractivity contribution >= 4 is 23.4 Å². The number of hydrogen-bond donors (Lipinski definition) is 1. The number of esters is 1. The Hall–Kier alpha value is -3.54. The first-order chi connectivity index (χ1) is 17.3. The molecule has 3 heterocycles. The van der Waals surface area contributed by atoms with Crippen LogP contribution in [0.1, 0.15) is 69.9 Å². The topological polar surface area (TPSA) is 116 Å². The number of carbonyl (C=O) groups excluding carboxylic acids is 1. The van der Waals surface area contributed by atoms with Gasteiger partial charge in [-0.15, -0.1) is 0 Å². The molecule has 0 saturated carbocycles. The SMILES string of the molecule is CCOC(=O)c1cc(-c2cnc(N3CCC(C#N)CC3)nc2)c(C(=NC)C(C)C)c(NC(C)CC)n1. The van der Waals surface area contributed by atoms with E-state index in [1.165, 1.54) is 0 Å². The Morgan fingerprint density at radius 3 is 2.44 bits per heavy atom. The van der Waals surface area contributed by atoms with Gasteiger partial charge in [0, 0.05) is 61.3 Å². The third kappa shape index (κ3) is 6.17. The Bertz CT molecular complexity index is 1110. The third-order valence-electron chi connectivity index (χ3n) is 6.45. The second kappa shape index (κ2) is 12.4. The molecule has 2 aromatic rings. The lowest BCUT2D eigenvalue weighted by molar-refractivity contribution is 0.0519. The van der Waals surface area contributed by atoms with Gasteiger partial charge < -0.3 is 15.0 Å². The number of anilines is 2. The molecule has 36 heavy (non-hydrogen) atoms. The molecule has 1 aliphatic heterocycles. The third-order valence-corrected chi connectivity index (χ3v) is 6.45. The summed E-state index contributed by atoms with van der Waals surface area (Å²) >= 11 is 0. The summed E-state index contributed by atoms with van der Waals surface area (Å²) in [5, 5.41) is 12.7.